The molecule has 0 aliphatic carbocycles. The summed E-state index contributed by atoms with van der Waals surface area (Å²) in [5, 5.41) is 0. The van der Waals surface area contributed by atoms with Crippen molar-refractivity contribution in [3.63, 3.8) is 0 Å². The fourth-order valence-corrected chi connectivity index (χ4v) is 2.68. The molecule has 0 spiro atoms. The lowest BCUT2D eigenvalue weighted by molar-refractivity contribution is 1.32. The molecule has 0 nitrogen and oxygen atoms in total. The second-order valence-corrected chi connectivity index (χ2v) is 6.43. The minimum absolute atomic E-state index is 1.21. The van der Waals surface area contributed by atoms with Crippen LogP contribution in [-0.2, 0) is 0 Å². The van der Waals surface area contributed by atoms with Gasteiger partial charge < -0.3 is 0 Å². The molecular weight excluding hydrogens is 352 g/mol. The van der Waals surface area contributed by atoms with E-state index in [9.17, 15) is 0 Å². The van der Waals surface area contributed by atoms with Crippen molar-refractivity contribution in [3.8, 4) is 11.1 Å². The maximum absolute atomic E-state index is 3.62. The Morgan fingerprint density at radius 2 is 0.778 bits per heavy atom. The number of hydrogen-bond acceptors (Lipinski definition) is 0. The summed E-state index contributed by atoms with van der Waals surface area (Å²) in [4.78, 5) is 0. The molecule has 2 heteroatoms. The molecule has 0 bridgehead atoms. The summed E-state index contributed by atoms with van der Waals surface area (Å²) in [7, 11) is 0. The third kappa shape index (κ3) is 2.55. The van der Waals surface area contributed by atoms with Crippen molar-refractivity contribution in [2.24, 2.45) is 0 Å². The van der Waals surface area contributed by atoms with E-state index in [1.807, 2.05) is 0 Å². The number of benzene rings is 2. The van der Waals surface area contributed by atoms with Crippen molar-refractivity contribution >= 4 is 31.9 Å². The van der Waals surface area contributed by atoms with Crippen LogP contribution in [-0.4, -0.2) is 0 Å². The van der Waals surface area contributed by atoms with Crippen molar-refractivity contribution in [1.29, 1.82) is 0 Å². The largest absolute Gasteiger partial charge is 0.0503 e. The van der Waals surface area contributed by atoms with E-state index in [-0.39, 0.29) is 0 Å². The van der Waals surface area contributed by atoms with Crippen molar-refractivity contribution in [1.82, 2.24) is 0 Å². The van der Waals surface area contributed by atoms with Crippen LogP contribution in [0.1, 0.15) is 22.3 Å². The quantitative estimate of drug-likeness (QED) is 0.570. The van der Waals surface area contributed by atoms with Gasteiger partial charge >= 0.3 is 0 Å². The minimum Gasteiger partial charge on any atom is -0.0503 e. The molecule has 0 heterocycles. The van der Waals surface area contributed by atoms with Crippen molar-refractivity contribution in [3.05, 3.63) is 55.5 Å². The van der Waals surface area contributed by atoms with Crippen LogP contribution in [0.4, 0.5) is 0 Å². The lowest BCUT2D eigenvalue weighted by Crippen LogP contribution is -1.89. The highest BCUT2D eigenvalue weighted by Gasteiger charge is 2.07. The molecule has 2 rings (SSSR count). The molecule has 2 aromatic carbocycles. The van der Waals surface area contributed by atoms with E-state index in [0.717, 1.165) is 0 Å². The normalized spacial score (nSPS) is 10.8. The van der Waals surface area contributed by atoms with Crippen LogP contribution in [0.3, 0.4) is 0 Å². The Kier molecular flexibility index (Phi) is 3.98. The smallest absolute Gasteiger partial charge is 0.0234 e. The van der Waals surface area contributed by atoms with Gasteiger partial charge in [0.15, 0.2) is 0 Å². The predicted molar refractivity (Wildman–Crippen MR) is 86.2 cm³/mol. The molecule has 0 amide bonds. The molecule has 0 aromatic heterocycles. The average molecular weight is 368 g/mol. The summed E-state index contributed by atoms with van der Waals surface area (Å²) < 4.78 is 2.41. The van der Waals surface area contributed by atoms with Crippen molar-refractivity contribution in [2.75, 3.05) is 0 Å². The molecule has 0 aliphatic rings. The third-order valence-corrected chi connectivity index (χ3v) is 5.71. The topological polar surface area (TPSA) is 0 Å². The van der Waals surface area contributed by atoms with Crippen LogP contribution in [0.15, 0.2) is 33.2 Å². The molecule has 0 radical (unpaired) electrons. The van der Waals surface area contributed by atoms with E-state index in [1.54, 1.807) is 0 Å². The van der Waals surface area contributed by atoms with Gasteiger partial charge in [-0.15, -0.1) is 0 Å². The average Bonchev–Trinajstić information content (AvgIpc) is 2.31. The molecular formula is C16H16Br2. The zero-order chi connectivity index (χ0) is 13.4. The van der Waals surface area contributed by atoms with Gasteiger partial charge in [-0.1, -0.05) is 56.1 Å². The first-order valence-corrected chi connectivity index (χ1v) is 7.52. The molecule has 2 aromatic rings. The SMILES string of the molecule is Cc1cc(-c2cc(C)c(Br)c(C)c2)cc(C)c1Br. The molecule has 0 saturated carbocycles. The first-order chi connectivity index (χ1) is 8.40. The first kappa shape index (κ1) is 13.8. The highest BCUT2D eigenvalue weighted by atomic mass is 79.9. The lowest BCUT2D eigenvalue weighted by atomic mass is 9.98. The van der Waals surface area contributed by atoms with E-state index in [2.05, 4.69) is 83.8 Å². The van der Waals surface area contributed by atoms with Gasteiger partial charge in [0.25, 0.3) is 0 Å². The molecule has 0 aliphatic heterocycles. The van der Waals surface area contributed by atoms with E-state index in [4.69, 9.17) is 0 Å². The summed E-state index contributed by atoms with van der Waals surface area (Å²) >= 11 is 7.24. The van der Waals surface area contributed by atoms with E-state index < -0.39 is 0 Å². The highest BCUT2D eigenvalue weighted by Crippen LogP contribution is 2.32. The Bertz CT molecular complexity index is 511. The van der Waals surface area contributed by atoms with Gasteiger partial charge in [-0.3, -0.25) is 0 Å². The van der Waals surface area contributed by atoms with E-state index in [0.29, 0.717) is 0 Å². The molecule has 18 heavy (non-hydrogen) atoms. The fraction of sp³-hybridized carbons (Fsp3) is 0.250. The van der Waals surface area contributed by atoms with Crippen LogP contribution < -0.4 is 0 Å². The van der Waals surface area contributed by atoms with Crippen molar-refractivity contribution in [2.45, 2.75) is 27.7 Å². The van der Waals surface area contributed by atoms with Gasteiger partial charge in [0.1, 0.15) is 0 Å². The van der Waals surface area contributed by atoms with Crippen LogP contribution in [0, 0.1) is 27.7 Å². The van der Waals surface area contributed by atoms with Crippen molar-refractivity contribution < 1.29 is 0 Å². The molecule has 0 saturated heterocycles. The summed E-state index contributed by atoms with van der Waals surface area (Å²) in [5.41, 5.74) is 7.69. The molecule has 94 valence electrons. The summed E-state index contributed by atoms with van der Waals surface area (Å²) in [6.45, 7) is 8.55. The van der Waals surface area contributed by atoms with Gasteiger partial charge in [-0.25, -0.2) is 0 Å². The molecule has 0 fully saturated rings. The van der Waals surface area contributed by atoms with Gasteiger partial charge in [0, 0.05) is 8.95 Å². The van der Waals surface area contributed by atoms with Gasteiger partial charge in [0.05, 0.1) is 0 Å². The zero-order valence-electron chi connectivity index (χ0n) is 11.1. The highest BCUT2D eigenvalue weighted by molar-refractivity contribution is 9.10. The Hall–Kier alpha value is -0.600. The van der Waals surface area contributed by atoms with Crippen LogP contribution in [0.25, 0.3) is 11.1 Å². The second kappa shape index (κ2) is 5.18. The maximum Gasteiger partial charge on any atom is 0.0234 e. The number of halogens is 2. The number of hydrogen-bond donors (Lipinski definition) is 0. The number of aryl methyl sites for hydroxylation is 4. The first-order valence-electron chi connectivity index (χ1n) is 5.94. The fourth-order valence-electron chi connectivity index (χ4n) is 2.23. The standard InChI is InChI=1S/C16H16Br2/c1-9-5-13(6-10(2)15(9)17)14-7-11(3)16(18)12(4)8-14/h5-8H,1-4H3. The Morgan fingerprint density at radius 3 is 1.00 bits per heavy atom. The Labute approximate surface area is 126 Å². The number of rotatable bonds is 1. The molecule has 0 unspecified atom stereocenters. The Morgan fingerprint density at radius 1 is 0.556 bits per heavy atom. The van der Waals surface area contributed by atoms with Gasteiger partial charge in [0.2, 0.25) is 0 Å². The predicted octanol–water partition coefficient (Wildman–Crippen LogP) is 6.11. The van der Waals surface area contributed by atoms with Gasteiger partial charge in [-0.05, 0) is 61.1 Å². The Balaban J connectivity index is 2.63. The van der Waals surface area contributed by atoms with Crippen LogP contribution in [0.5, 0.6) is 0 Å². The summed E-state index contributed by atoms with van der Waals surface area (Å²) in [6, 6.07) is 8.94. The third-order valence-electron chi connectivity index (χ3n) is 3.21. The summed E-state index contributed by atoms with van der Waals surface area (Å²) in [6.07, 6.45) is 0. The molecule has 0 atom stereocenters. The zero-order valence-corrected chi connectivity index (χ0v) is 14.2. The summed E-state index contributed by atoms with van der Waals surface area (Å²) in [5.74, 6) is 0. The lowest BCUT2D eigenvalue weighted by Gasteiger charge is -2.11. The van der Waals surface area contributed by atoms with Crippen LogP contribution >= 0.6 is 31.9 Å². The van der Waals surface area contributed by atoms with E-state index >= 15 is 0 Å². The monoisotopic (exact) mass is 366 g/mol. The van der Waals surface area contributed by atoms with E-state index in [1.165, 1.54) is 42.3 Å². The van der Waals surface area contributed by atoms with Crippen LogP contribution in [0.2, 0.25) is 0 Å². The molecule has 0 N–H and O–H groups in total. The second-order valence-electron chi connectivity index (χ2n) is 4.85. The minimum atomic E-state index is 1.21. The van der Waals surface area contributed by atoms with Gasteiger partial charge in [-0.2, -0.15) is 0 Å². The maximum atomic E-state index is 3.62.